The quantitative estimate of drug-likeness (QED) is 0.125. The molecule has 0 amide bonds. The molecule has 1 aliphatic heterocycles. The van der Waals surface area contributed by atoms with Gasteiger partial charge in [-0.25, -0.2) is 0 Å². The molecule has 1 saturated heterocycles. The van der Waals surface area contributed by atoms with Gasteiger partial charge in [0.25, 0.3) is 0 Å². The van der Waals surface area contributed by atoms with Gasteiger partial charge in [-0.3, -0.25) is 0 Å². The summed E-state index contributed by atoms with van der Waals surface area (Å²) in [6, 6.07) is 27.4. The van der Waals surface area contributed by atoms with Gasteiger partial charge in [-0.1, -0.05) is 107 Å². The fraction of sp³-hybridized carbons (Fsp3) is 0.263. The van der Waals surface area contributed by atoms with E-state index in [1.165, 1.54) is 22.4 Å². The summed E-state index contributed by atoms with van der Waals surface area (Å²) in [5, 5.41) is 0. The highest BCUT2D eigenvalue weighted by atomic mass is 16.7. The number of anilines is 2. The van der Waals surface area contributed by atoms with Gasteiger partial charge in [0.1, 0.15) is 5.75 Å². The Morgan fingerprint density at radius 1 is 0.881 bits per heavy atom. The molecule has 0 atom stereocenters. The molecule has 1 aliphatic carbocycles. The van der Waals surface area contributed by atoms with Crippen molar-refractivity contribution in [2.45, 2.75) is 33.6 Å². The fourth-order valence-electron chi connectivity index (χ4n) is 5.04. The van der Waals surface area contributed by atoms with Gasteiger partial charge in [-0.05, 0) is 65.5 Å². The Morgan fingerprint density at radius 2 is 1.62 bits per heavy atom. The zero-order valence-electron chi connectivity index (χ0n) is 25.2. The summed E-state index contributed by atoms with van der Waals surface area (Å²) in [6.07, 6.45) is 11.9. The maximum atomic E-state index is 6.00. The van der Waals surface area contributed by atoms with Crippen molar-refractivity contribution in [3.8, 4) is 16.9 Å². The predicted molar refractivity (Wildman–Crippen MR) is 176 cm³/mol. The molecular formula is C38H43NO3. The summed E-state index contributed by atoms with van der Waals surface area (Å²) >= 11 is 0. The average molecular weight is 562 g/mol. The summed E-state index contributed by atoms with van der Waals surface area (Å²) in [6.45, 7) is 16.3. The van der Waals surface area contributed by atoms with Crippen molar-refractivity contribution < 1.29 is 14.2 Å². The van der Waals surface area contributed by atoms with Gasteiger partial charge in [0.15, 0.2) is 6.79 Å². The number of nitrogens with zero attached hydrogens (tertiary/aromatic N) is 1. The minimum absolute atomic E-state index is 0.0973. The van der Waals surface area contributed by atoms with Gasteiger partial charge < -0.3 is 19.1 Å². The van der Waals surface area contributed by atoms with E-state index in [4.69, 9.17) is 14.2 Å². The standard InChI is InChI=1S/C36H37NO3.C2H6/c1-4-10-28(5-2)30-15-19-32(20-16-30)37(33-21-17-31(18-22-33)29-11-7-6-8-12-29)34-13-9-14-35(23-34)40-27-39-26-36(3)24-38-25-36;1-2/h4-15,17-19,21-23H,1-2,16,20,24-27H2,3H3;1-2H3/b28-10+;. The Labute approximate surface area is 251 Å². The molecule has 2 aliphatic rings. The van der Waals surface area contributed by atoms with E-state index < -0.39 is 0 Å². The van der Waals surface area contributed by atoms with E-state index in [2.05, 4.69) is 97.8 Å². The maximum Gasteiger partial charge on any atom is 0.189 e. The van der Waals surface area contributed by atoms with Crippen molar-refractivity contribution in [3.05, 3.63) is 139 Å². The van der Waals surface area contributed by atoms with E-state index in [0.717, 1.165) is 48.8 Å². The van der Waals surface area contributed by atoms with Crippen molar-refractivity contribution in [2.24, 2.45) is 5.41 Å². The Hall–Kier alpha value is -4.12. The number of allylic oxidation sites excluding steroid dienone is 8. The van der Waals surface area contributed by atoms with Crippen LogP contribution in [0, 0.1) is 5.41 Å². The summed E-state index contributed by atoms with van der Waals surface area (Å²) in [7, 11) is 0. The number of rotatable bonds is 12. The third kappa shape index (κ3) is 7.79. The van der Waals surface area contributed by atoms with E-state index in [9.17, 15) is 0 Å². The summed E-state index contributed by atoms with van der Waals surface area (Å²) < 4.78 is 17.1. The lowest BCUT2D eigenvalue weighted by Gasteiger charge is -2.37. The van der Waals surface area contributed by atoms with Gasteiger partial charge in [-0.15, -0.1) is 0 Å². The number of benzene rings is 3. The van der Waals surface area contributed by atoms with E-state index in [1.807, 2.05) is 50.3 Å². The first kappa shape index (κ1) is 30.8. The Morgan fingerprint density at radius 3 is 2.24 bits per heavy atom. The van der Waals surface area contributed by atoms with Crippen molar-refractivity contribution in [1.29, 1.82) is 0 Å². The highest BCUT2D eigenvalue weighted by Gasteiger charge is 2.33. The third-order valence-corrected chi connectivity index (χ3v) is 7.27. The molecule has 0 bridgehead atoms. The topological polar surface area (TPSA) is 30.9 Å². The van der Waals surface area contributed by atoms with Crippen LogP contribution in [-0.4, -0.2) is 26.6 Å². The van der Waals surface area contributed by atoms with Gasteiger partial charge >= 0.3 is 0 Å². The summed E-state index contributed by atoms with van der Waals surface area (Å²) in [5.41, 5.74) is 8.21. The SMILES string of the molecule is C=C/C=C(\C=C)C1=CC=C(N(c2ccc(-c3ccccc3)cc2)c2cccc(OCOCC3(C)COC3)c2)CC1.CC. The van der Waals surface area contributed by atoms with Crippen LogP contribution >= 0.6 is 0 Å². The molecule has 0 unspecified atom stereocenters. The number of hydrogen-bond acceptors (Lipinski definition) is 4. The molecule has 5 rings (SSSR count). The molecule has 1 fully saturated rings. The molecule has 0 radical (unpaired) electrons. The number of hydrogen-bond donors (Lipinski definition) is 0. The second-order valence-electron chi connectivity index (χ2n) is 10.6. The lowest BCUT2D eigenvalue weighted by atomic mass is 9.90. The normalized spacial score (nSPS) is 15.6. The highest BCUT2D eigenvalue weighted by Crippen LogP contribution is 2.37. The molecule has 0 spiro atoms. The van der Waals surface area contributed by atoms with Crippen LogP contribution in [0.15, 0.2) is 139 Å². The van der Waals surface area contributed by atoms with E-state index >= 15 is 0 Å². The molecule has 0 aromatic heterocycles. The summed E-state index contributed by atoms with van der Waals surface area (Å²) in [4.78, 5) is 2.31. The molecule has 4 heteroatoms. The second kappa shape index (κ2) is 15.2. The first-order valence-electron chi connectivity index (χ1n) is 14.8. The minimum Gasteiger partial charge on any atom is -0.467 e. The highest BCUT2D eigenvalue weighted by molar-refractivity contribution is 5.73. The Bertz CT molecular complexity index is 1410. The summed E-state index contributed by atoms with van der Waals surface area (Å²) in [5.74, 6) is 0.772. The Kier molecular flexibility index (Phi) is 11.2. The molecule has 42 heavy (non-hydrogen) atoms. The minimum atomic E-state index is 0.0973. The monoisotopic (exact) mass is 561 g/mol. The van der Waals surface area contributed by atoms with Crippen LogP contribution in [0.25, 0.3) is 11.1 Å². The molecule has 3 aromatic rings. The van der Waals surface area contributed by atoms with Crippen LogP contribution in [0.4, 0.5) is 11.4 Å². The van der Waals surface area contributed by atoms with Crippen LogP contribution in [-0.2, 0) is 9.47 Å². The molecule has 3 aromatic carbocycles. The number of ether oxygens (including phenoxy) is 3. The largest absolute Gasteiger partial charge is 0.467 e. The van der Waals surface area contributed by atoms with Crippen molar-refractivity contribution in [2.75, 3.05) is 31.5 Å². The predicted octanol–water partition coefficient (Wildman–Crippen LogP) is 9.81. The van der Waals surface area contributed by atoms with Gasteiger partial charge in [0, 0.05) is 28.6 Å². The van der Waals surface area contributed by atoms with E-state index in [0.29, 0.717) is 6.61 Å². The van der Waals surface area contributed by atoms with Gasteiger partial charge in [-0.2, -0.15) is 0 Å². The average Bonchev–Trinajstić information content (AvgIpc) is 3.03. The molecule has 4 nitrogen and oxygen atoms in total. The van der Waals surface area contributed by atoms with Crippen molar-refractivity contribution in [1.82, 2.24) is 0 Å². The molecule has 218 valence electrons. The van der Waals surface area contributed by atoms with Crippen molar-refractivity contribution in [3.63, 3.8) is 0 Å². The van der Waals surface area contributed by atoms with Crippen LogP contribution in [0.1, 0.15) is 33.6 Å². The first-order chi connectivity index (χ1) is 20.6. The third-order valence-electron chi connectivity index (χ3n) is 7.27. The molecule has 0 saturated carbocycles. The molecule has 1 heterocycles. The van der Waals surface area contributed by atoms with Crippen LogP contribution < -0.4 is 9.64 Å². The van der Waals surface area contributed by atoms with E-state index in [-0.39, 0.29) is 12.2 Å². The lowest BCUT2D eigenvalue weighted by Crippen LogP contribution is -2.43. The van der Waals surface area contributed by atoms with Crippen LogP contribution in [0.5, 0.6) is 5.75 Å². The smallest absolute Gasteiger partial charge is 0.189 e. The zero-order valence-corrected chi connectivity index (χ0v) is 25.2. The fourth-order valence-corrected chi connectivity index (χ4v) is 5.04. The van der Waals surface area contributed by atoms with Gasteiger partial charge in [0.2, 0.25) is 0 Å². The zero-order chi connectivity index (χ0) is 29.8. The molecular weight excluding hydrogens is 518 g/mol. The lowest BCUT2D eigenvalue weighted by molar-refractivity contribution is -0.151. The maximum absolute atomic E-state index is 6.00. The van der Waals surface area contributed by atoms with Crippen LogP contribution in [0.3, 0.4) is 0 Å². The molecule has 0 N–H and O–H groups in total. The first-order valence-corrected chi connectivity index (χ1v) is 14.8. The van der Waals surface area contributed by atoms with Crippen LogP contribution in [0.2, 0.25) is 0 Å². The van der Waals surface area contributed by atoms with Crippen molar-refractivity contribution >= 4 is 11.4 Å². The Balaban J connectivity index is 0.00000198. The van der Waals surface area contributed by atoms with E-state index in [1.54, 1.807) is 0 Å². The second-order valence-corrected chi connectivity index (χ2v) is 10.6. The van der Waals surface area contributed by atoms with Gasteiger partial charge in [0.05, 0.1) is 19.8 Å².